The van der Waals surface area contributed by atoms with Crippen LogP contribution in [0.5, 0.6) is 0 Å². The molecule has 7 heteroatoms. The fraction of sp³-hybridized carbons (Fsp3) is 0.333. The second kappa shape index (κ2) is 5.55. The fourth-order valence-corrected chi connectivity index (χ4v) is 1.79. The number of hydrogen-bond acceptors (Lipinski definition) is 4. The van der Waals surface area contributed by atoms with Gasteiger partial charge in [-0.2, -0.15) is 0 Å². The van der Waals surface area contributed by atoms with Crippen LogP contribution in [0.3, 0.4) is 0 Å². The molecular formula is C12H13FN4O2. The Kier molecular flexibility index (Phi) is 3.84. The van der Waals surface area contributed by atoms with E-state index >= 15 is 0 Å². The molecule has 0 aliphatic rings. The number of carbonyl (C=O) groups is 1. The number of aliphatic carboxylic acids is 1. The highest BCUT2D eigenvalue weighted by molar-refractivity contribution is 5.66. The van der Waals surface area contributed by atoms with Crippen molar-refractivity contribution in [1.29, 1.82) is 0 Å². The summed E-state index contributed by atoms with van der Waals surface area (Å²) in [6.45, 7) is 2.20. The summed E-state index contributed by atoms with van der Waals surface area (Å²) in [6, 6.07) is 5.82. The quantitative estimate of drug-likeness (QED) is 0.886. The van der Waals surface area contributed by atoms with Crippen molar-refractivity contribution in [2.45, 2.75) is 19.9 Å². The molecule has 0 bridgehead atoms. The van der Waals surface area contributed by atoms with Gasteiger partial charge in [-0.1, -0.05) is 6.92 Å². The molecule has 0 radical (unpaired) electrons. The molecule has 1 unspecified atom stereocenters. The summed E-state index contributed by atoms with van der Waals surface area (Å²) < 4.78 is 14.4. The van der Waals surface area contributed by atoms with Crippen LogP contribution >= 0.6 is 0 Å². The van der Waals surface area contributed by atoms with E-state index in [0.717, 1.165) is 0 Å². The van der Waals surface area contributed by atoms with Crippen LogP contribution < -0.4 is 0 Å². The number of rotatable bonds is 5. The molecule has 0 saturated carbocycles. The van der Waals surface area contributed by atoms with Crippen molar-refractivity contribution in [2.75, 3.05) is 0 Å². The Hall–Kier alpha value is -2.31. The molecule has 0 amide bonds. The topological polar surface area (TPSA) is 80.9 Å². The van der Waals surface area contributed by atoms with Crippen molar-refractivity contribution in [3.8, 4) is 11.4 Å². The van der Waals surface area contributed by atoms with Crippen molar-refractivity contribution < 1.29 is 14.3 Å². The summed E-state index contributed by atoms with van der Waals surface area (Å²) in [4.78, 5) is 10.6. The van der Waals surface area contributed by atoms with Crippen molar-refractivity contribution in [1.82, 2.24) is 20.2 Å². The second-order valence-corrected chi connectivity index (χ2v) is 4.39. The number of hydrogen-bond donors (Lipinski definition) is 1. The molecule has 1 atom stereocenters. The van der Waals surface area contributed by atoms with Crippen LogP contribution in [0.1, 0.15) is 13.3 Å². The standard InChI is InChI=1S/C12H13FN4O2/c1-8(6-11(18)19)7-17-12(14-15-16-17)9-2-4-10(13)5-3-9/h2-5,8H,6-7H2,1H3,(H,18,19). The molecule has 0 saturated heterocycles. The summed E-state index contributed by atoms with van der Waals surface area (Å²) in [7, 11) is 0. The number of benzene rings is 1. The molecular weight excluding hydrogens is 251 g/mol. The number of carboxylic acids is 1. The molecule has 1 aromatic heterocycles. The first-order chi connectivity index (χ1) is 9.06. The zero-order valence-corrected chi connectivity index (χ0v) is 10.3. The molecule has 1 aromatic carbocycles. The van der Waals surface area contributed by atoms with E-state index in [1.165, 1.54) is 16.8 Å². The normalized spacial score (nSPS) is 12.3. The zero-order chi connectivity index (χ0) is 13.8. The summed E-state index contributed by atoms with van der Waals surface area (Å²) in [5, 5.41) is 20.0. The molecule has 0 spiro atoms. The lowest BCUT2D eigenvalue weighted by molar-refractivity contribution is -0.138. The third-order valence-electron chi connectivity index (χ3n) is 2.64. The highest BCUT2D eigenvalue weighted by Crippen LogP contribution is 2.17. The minimum absolute atomic E-state index is 0.0444. The summed E-state index contributed by atoms with van der Waals surface area (Å²) in [5.41, 5.74) is 0.689. The smallest absolute Gasteiger partial charge is 0.303 e. The Bertz CT molecular complexity index is 567. The molecule has 1 heterocycles. The predicted octanol–water partition coefficient (Wildman–Crippen LogP) is 1.59. The van der Waals surface area contributed by atoms with Crippen LogP contribution in [0.4, 0.5) is 4.39 Å². The molecule has 2 rings (SSSR count). The molecule has 0 aliphatic heterocycles. The first-order valence-corrected chi connectivity index (χ1v) is 5.80. The van der Waals surface area contributed by atoms with E-state index in [0.29, 0.717) is 17.9 Å². The molecule has 6 nitrogen and oxygen atoms in total. The van der Waals surface area contributed by atoms with Crippen LogP contribution in [0.2, 0.25) is 0 Å². The van der Waals surface area contributed by atoms with Crippen molar-refractivity contribution in [2.24, 2.45) is 5.92 Å². The Morgan fingerprint density at radius 2 is 2.11 bits per heavy atom. The van der Waals surface area contributed by atoms with Crippen molar-refractivity contribution >= 4 is 5.97 Å². The Morgan fingerprint density at radius 3 is 2.74 bits per heavy atom. The van der Waals surface area contributed by atoms with Gasteiger partial charge in [-0.15, -0.1) is 5.10 Å². The van der Waals surface area contributed by atoms with Crippen LogP contribution in [0.15, 0.2) is 24.3 Å². The van der Waals surface area contributed by atoms with Crippen LogP contribution in [-0.4, -0.2) is 31.3 Å². The summed E-state index contributed by atoms with van der Waals surface area (Å²) in [5.74, 6) is -0.789. The zero-order valence-electron chi connectivity index (χ0n) is 10.3. The molecule has 1 N–H and O–H groups in total. The Labute approximate surface area is 108 Å². The van der Waals surface area contributed by atoms with Gasteiger partial charge in [0.15, 0.2) is 5.82 Å². The molecule has 100 valence electrons. The lowest BCUT2D eigenvalue weighted by Gasteiger charge is -2.09. The molecule has 2 aromatic rings. The highest BCUT2D eigenvalue weighted by Gasteiger charge is 2.14. The van der Waals surface area contributed by atoms with Gasteiger partial charge in [0, 0.05) is 18.5 Å². The van der Waals surface area contributed by atoms with Gasteiger partial charge in [0.2, 0.25) is 0 Å². The molecule has 0 fully saturated rings. The average molecular weight is 264 g/mol. The van der Waals surface area contributed by atoms with Gasteiger partial charge in [-0.25, -0.2) is 9.07 Å². The number of aromatic nitrogens is 4. The van der Waals surface area contributed by atoms with Gasteiger partial charge in [-0.05, 0) is 40.6 Å². The Morgan fingerprint density at radius 1 is 1.42 bits per heavy atom. The van der Waals surface area contributed by atoms with Gasteiger partial charge in [0.05, 0.1) is 0 Å². The van der Waals surface area contributed by atoms with Gasteiger partial charge in [0.1, 0.15) is 5.82 Å². The van der Waals surface area contributed by atoms with Crippen LogP contribution in [-0.2, 0) is 11.3 Å². The summed E-state index contributed by atoms with van der Waals surface area (Å²) in [6.07, 6.45) is 0.0444. The lowest BCUT2D eigenvalue weighted by Crippen LogP contribution is -2.14. The number of carboxylic acid groups (broad SMARTS) is 1. The van der Waals surface area contributed by atoms with Crippen LogP contribution in [0, 0.1) is 11.7 Å². The lowest BCUT2D eigenvalue weighted by atomic mass is 10.1. The van der Waals surface area contributed by atoms with Crippen molar-refractivity contribution in [3.63, 3.8) is 0 Å². The number of nitrogens with zero attached hydrogens (tertiary/aromatic N) is 4. The van der Waals surface area contributed by atoms with Gasteiger partial charge in [-0.3, -0.25) is 4.79 Å². The summed E-state index contributed by atoms with van der Waals surface area (Å²) >= 11 is 0. The maximum Gasteiger partial charge on any atom is 0.303 e. The van der Waals surface area contributed by atoms with E-state index in [1.54, 1.807) is 12.1 Å². The Balaban J connectivity index is 2.18. The maximum atomic E-state index is 12.9. The first kappa shape index (κ1) is 13.1. The first-order valence-electron chi connectivity index (χ1n) is 5.80. The SMILES string of the molecule is CC(CC(=O)O)Cn1nnnc1-c1ccc(F)cc1. The monoisotopic (exact) mass is 264 g/mol. The number of tetrazole rings is 1. The second-order valence-electron chi connectivity index (χ2n) is 4.39. The van der Waals surface area contributed by atoms with Gasteiger partial charge < -0.3 is 5.11 Å². The third-order valence-corrected chi connectivity index (χ3v) is 2.64. The molecule has 0 aliphatic carbocycles. The van der Waals surface area contributed by atoms with E-state index < -0.39 is 5.97 Å². The van der Waals surface area contributed by atoms with Crippen molar-refractivity contribution in [3.05, 3.63) is 30.1 Å². The van der Waals surface area contributed by atoms with E-state index in [9.17, 15) is 9.18 Å². The highest BCUT2D eigenvalue weighted by atomic mass is 19.1. The average Bonchev–Trinajstić information content (AvgIpc) is 2.77. The van der Waals surface area contributed by atoms with E-state index in [2.05, 4.69) is 15.5 Å². The minimum atomic E-state index is -0.857. The third kappa shape index (κ3) is 3.34. The number of halogens is 1. The minimum Gasteiger partial charge on any atom is -0.481 e. The van der Waals surface area contributed by atoms with E-state index in [-0.39, 0.29) is 18.2 Å². The molecule has 19 heavy (non-hydrogen) atoms. The fourth-order valence-electron chi connectivity index (χ4n) is 1.79. The van der Waals surface area contributed by atoms with E-state index in [4.69, 9.17) is 5.11 Å². The predicted molar refractivity (Wildman–Crippen MR) is 64.6 cm³/mol. The maximum absolute atomic E-state index is 12.9. The van der Waals surface area contributed by atoms with Crippen LogP contribution in [0.25, 0.3) is 11.4 Å². The van der Waals surface area contributed by atoms with Gasteiger partial charge in [0.25, 0.3) is 0 Å². The van der Waals surface area contributed by atoms with E-state index in [1.807, 2.05) is 6.92 Å². The van der Waals surface area contributed by atoms with Gasteiger partial charge >= 0.3 is 5.97 Å². The largest absolute Gasteiger partial charge is 0.481 e.